The van der Waals surface area contributed by atoms with Gasteiger partial charge in [0.1, 0.15) is 5.82 Å². The van der Waals surface area contributed by atoms with Crippen molar-refractivity contribution in [3.8, 4) is 0 Å². The normalized spacial score (nSPS) is 10.7. The Morgan fingerprint density at radius 1 is 1.23 bits per heavy atom. The number of imidazole rings is 1. The van der Waals surface area contributed by atoms with E-state index in [1.165, 1.54) is 0 Å². The first-order valence-corrected chi connectivity index (χ1v) is 4.32. The van der Waals surface area contributed by atoms with Gasteiger partial charge >= 0.3 is 0 Å². The van der Waals surface area contributed by atoms with Crippen LogP contribution in [0.1, 0.15) is 5.82 Å². The van der Waals surface area contributed by atoms with E-state index >= 15 is 0 Å². The Labute approximate surface area is 77.6 Å². The quantitative estimate of drug-likeness (QED) is 0.655. The molecule has 0 atom stereocenters. The summed E-state index contributed by atoms with van der Waals surface area (Å²) in [5.74, 6) is 1.02. The molecule has 0 aliphatic carbocycles. The number of aromatic nitrogens is 2. The molecule has 2 aromatic rings. The summed E-state index contributed by atoms with van der Waals surface area (Å²) in [6, 6.07) is 8.15. The molecule has 0 fully saturated rings. The fraction of sp³-hybridized carbons (Fsp3) is 0.300. The van der Waals surface area contributed by atoms with Gasteiger partial charge in [0.25, 0.3) is 0 Å². The number of nitrogens with zero attached hydrogens (tertiary/aromatic N) is 3. The van der Waals surface area contributed by atoms with Crippen LogP contribution in [0.15, 0.2) is 24.3 Å². The third-order valence-corrected chi connectivity index (χ3v) is 2.10. The van der Waals surface area contributed by atoms with E-state index in [0.29, 0.717) is 0 Å². The van der Waals surface area contributed by atoms with Gasteiger partial charge in [0, 0.05) is 14.1 Å². The van der Waals surface area contributed by atoms with E-state index in [0.717, 1.165) is 16.9 Å². The molecular weight excluding hydrogens is 162 g/mol. The minimum atomic E-state index is 1.02. The first-order chi connectivity index (χ1) is 6.20. The molecule has 0 aliphatic heterocycles. The molecule has 0 saturated heterocycles. The molecule has 1 aromatic heterocycles. The third-order valence-electron chi connectivity index (χ3n) is 2.10. The SMILES string of the molecule is Cc1nc2ccccc2n1N(C)C. The van der Waals surface area contributed by atoms with Crippen LogP contribution in [0.25, 0.3) is 11.0 Å². The van der Waals surface area contributed by atoms with E-state index in [4.69, 9.17) is 0 Å². The topological polar surface area (TPSA) is 21.1 Å². The Morgan fingerprint density at radius 2 is 1.92 bits per heavy atom. The number of rotatable bonds is 1. The molecule has 0 spiro atoms. The average molecular weight is 175 g/mol. The Hall–Kier alpha value is -1.51. The molecule has 0 aliphatic rings. The average Bonchev–Trinajstić information content (AvgIpc) is 2.39. The van der Waals surface area contributed by atoms with Gasteiger partial charge < -0.3 is 5.01 Å². The standard InChI is InChI=1S/C10H13N3/c1-8-11-9-6-4-5-7-10(9)13(8)12(2)3/h4-7H,1-3H3. The van der Waals surface area contributed by atoms with Crippen LogP contribution in [0.3, 0.4) is 0 Å². The van der Waals surface area contributed by atoms with Crippen LogP contribution >= 0.6 is 0 Å². The van der Waals surface area contributed by atoms with Crippen molar-refractivity contribution in [2.45, 2.75) is 6.92 Å². The van der Waals surface area contributed by atoms with Crippen molar-refractivity contribution < 1.29 is 0 Å². The molecule has 3 heteroatoms. The van der Waals surface area contributed by atoms with Crippen LogP contribution in [0, 0.1) is 6.92 Å². The number of para-hydroxylation sites is 2. The van der Waals surface area contributed by atoms with E-state index in [9.17, 15) is 0 Å². The molecular formula is C10H13N3. The van der Waals surface area contributed by atoms with Crippen LogP contribution in [0.5, 0.6) is 0 Å². The summed E-state index contributed by atoms with van der Waals surface area (Å²) in [5.41, 5.74) is 2.21. The van der Waals surface area contributed by atoms with Gasteiger partial charge in [0.15, 0.2) is 0 Å². The molecule has 2 rings (SSSR count). The summed E-state index contributed by atoms with van der Waals surface area (Å²) >= 11 is 0. The second-order valence-electron chi connectivity index (χ2n) is 3.31. The lowest BCUT2D eigenvalue weighted by atomic mass is 10.3. The minimum absolute atomic E-state index is 1.02. The van der Waals surface area contributed by atoms with Crippen molar-refractivity contribution in [1.29, 1.82) is 0 Å². The number of aryl methyl sites for hydroxylation is 1. The van der Waals surface area contributed by atoms with Crippen molar-refractivity contribution >= 4 is 11.0 Å². The van der Waals surface area contributed by atoms with Crippen molar-refractivity contribution in [2.75, 3.05) is 19.1 Å². The van der Waals surface area contributed by atoms with Gasteiger partial charge in [-0.2, -0.15) is 0 Å². The maximum Gasteiger partial charge on any atom is 0.125 e. The number of hydrogen-bond donors (Lipinski definition) is 0. The Balaban J connectivity index is 2.78. The van der Waals surface area contributed by atoms with Crippen LogP contribution in [-0.2, 0) is 0 Å². The van der Waals surface area contributed by atoms with E-state index < -0.39 is 0 Å². The van der Waals surface area contributed by atoms with Crippen LogP contribution in [0.4, 0.5) is 0 Å². The predicted molar refractivity (Wildman–Crippen MR) is 54.5 cm³/mol. The summed E-state index contributed by atoms with van der Waals surface area (Å²) < 4.78 is 2.09. The van der Waals surface area contributed by atoms with Gasteiger partial charge in [-0.1, -0.05) is 12.1 Å². The highest BCUT2D eigenvalue weighted by atomic mass is 15.5. The number of hydrogen-bond acceptors (Lipinski definition) is 2. The summed E-state index contributed by atoms with van der Waals surface area (Å²) in [6.07, 6.45) is 0. The van der Waals surface area contributed by atoms with Gasteiger partial charge in [-0.05, 0) is 19.1 Å². The monoisotopic (exact) mass is 175 g/mol. The third kappa shape index (κ3) is 1.16. The fourth-order valence-corrected chi connectivity index (χ4v) is 1.64. The Kier molecular flexibility index (Phi) is 1.72. The summed E-state index contributed by atoms with van der Waals surface area (Å²) in [7, 11) is 4.03. The molecule has 0 bridgehead atoms. The van der Waals surface area contributed by atoms with Crippen LogP contribution in [0.2, 0.25) is 0 Å². The largest absolute Gasteiger partial charge is 0.317 e. The molecule has 68 valence electrons. The van der Waals surface area contributed by atoms with Crippen molar-refractivity contribution in [1.82, 2.24) is 9.66 Å². The Bertz CT molecular complexity index is 429. The van der Waals surface area contributed by atoms with Crippen LogP contribution in [-0.4, -0.2) is 23.8 Å². The van der Waals surface area contributed by atoms with E-state index in [2.05, 4.69) is 15.7 Å². The molecule has 0 amide bonds. The van der Waals surface area contributed by atoms with Crippen LogP contribution < -0.4 is 5.01 Å². The number of fused-ring (bicyclic) bond motifs is 1. The second kappa shape index (κ2) is 2.76. The predicted octanol–water partition coefficient (Wildman–Crippen LogP) is 1.54. The maximum absolute atomic E-state index is 4.46. The highest BCUT2D eigenvalue weighted by molar-refractivity contribution is 5.76. The summed E-state index contributed by atoms with van der Waals surface area (Å²) in [4.78, 5) is 4.46. The molecule has 0 unspecified atom stereocenters. The highest BCUT2D eigenvalue weighted by Crippen LogP contribution is 2.14. The first-order valence-electron chi connectivity index (χ1n) is 4.32. The minimum Gasteiger partial charge on any atom is -0.317 e. The first kappa shape index (κ1) is 8.10. The molecule has 1 heterocycles. The van der Waals surface area contributed by atoms with Crippen molar-refractivity contribution in [3.63, 3.8) is 0 Å². The van der Waals surface area contributed by atoms with Gasteiger partial charge in [-0.3, -0.25) is 0 Å². The summed E-state index contributed by atoms with van der Waals surface area (Å²) in [6.45, 7) is 2.01. The zero-order valence-electron chi connectivity index (χ0n) is 8.15. The van der Waals surface area contributed by atoms with Gasteiger partial charge in [0.05, 0.1) is 11.0 Å². The number of benzene rings is 1. The second-order valence-corrected chi connectivity index (χ2v) is 3.31. The maximum atomic E-state index is 4.46. The lowest BCUT2D eigenvalue weighted by molar-refractivity contribution is 0.724. The zero-order valence-corrected chi connectivity index (χ0v) is 8.15. The molecule has 0 N–H and O–H groups in total. The zero-order chi connectivity index (χ0) is 9.42. The molecule has 1 aromatic carbocycles. The lowest BCUT2D eigenvalue weighted by Gasteiger charge is -2.16. The Morgan fingerprint density at radius 3 is 2.62 bits per heavy atom. The molecule has 0 saturated carbocycles. The van der Waals surface area contributed by atoms with Crippen molar-refractivity contribution in [3.05, 3.63) is 30.1 Å². The van der Waals surface area contributed by atoms with E-state index in [1.54, 1.807) is 0 Å². The van der Waals surface area contributed by atoms with Crippen molar-refractivity contribution in [2.24, 2.45) is 0 Å². The van der Waals surface area contributed by atoms with Gasteiger partial charge in [0.2, 0.25) is 0 Å². The molecule has 3 nitrogen and oxygen atoms in total. The fourth-order valence-electron chi connectivity index (χ4n) is 1.64. The molecule has 13 heavy (non-hydrogen) atoms. The highest BCUT2D eigenvalue weighted by Gasteiger charge is 2.06. The van der Waals surface area contributed by atoms with E-state index in [1.807, 2.05) is 44.2 Å². The van der Waals surface area contributed by atoms with E-state index in [-0.39, 0.29) is 0 Å². The van der Waals surface area contributed by atoms with Gasteiger partial charge in [-0.25, -0.2) is 9.66 Å². The molecule has 0 radical (unpaired) electrons. The summed E-state index contributed by atoms with van der Waals surface area (Å²) in [5, 5.41) is 2.03. The smallest absolute Gasteiger partial charge is 0.125 e. The van der Waals surface area contributed by atoms with Gasteiger partial charge in [-0.15, -0.1) is 0 Å². The lowest BCUT2D eigenvalue weighted by Crippen LogP contribution is -2.25.